The van der Waals surface area contributed by atoms with Gasteiger partial charge >= 0.3 is 5.82 Å². The highest BCUT2D eigenvalue weighted by Crippen LogP contribution is 2.15. The second-order valence-electron chi connectivity index (χ2n) is 3.28. The molecule has 0 amide bonds. The van der Waals surface area contributed by atoms with Gasteiger partial charge in [0.2, 0.25) is 5.82 Å². The van der Waals surface area contributed by atoms with Crippen molar-refractivity contribution in [1.29, 1.82) is 0 Å². The van der Waals surface area contributed by atoms with E-state index in [1.54, 1.807) is 19.2 Å². The van der Waals surface area contributed by atoms with Crippen LogP contribution in [0.5, 0.6) is 0 Å². The molecular weight excluding hydrogens is 242 g/mol. The molecule has 17 heavy (non-hydrogen) atoms. The van der Waals surface area contributed by atoms with Crippen LogP contribution < -0.4 is 0 Å². The van der Waals surface area contributed by atoms with Crippen LogP contribution >= 0.6 is 11.3 Å². The molecule has 7 nitrogen and oxygen atoms in total. The number of nitrogens with zero attached hydrogens (tertiary/aromatic N) is 5. The molecule has 0 fully saturated rings. The van der Waals surface area contributed by atoms with Crippen molar-refractivity contribution in [3.05, 3.63) is 32.2 Å². The number of imidazole rings is 1. The van der Waals surface area contributed by atoms with Gasteiger partial charge in [0.25, 0.3) is 0 Å². The molecule has 0 N–H and O–H groups in total. The monoisotopic (exact) mass is 251 g/mol. The van der Waals surface area contributed by atoms with E-state index in [9.17, 15) is 10.1 Å². The Bertz CT molecular complexity index is 586. The Balaban J connectivity index is 2.25. The third kappa shape index (κ3) is 2.36. The lowest BCUT2D eigenvalue weighted by atomic mass is 10.5. The average molecular weight is 251 g/mol. The highest BCUT2D eigenvalue weighted by Gasteiger charge is 2.13. The van der Waals surface area contributed by atoms with Crippen molar-refractivity contribution in [2.24, 2.45) is 7.05 Å². The van der Waals surface area contributed by atoms with Gasteiger partial charge in [0.05, 0.1) is 7.05 Å². The minimum atomic E-state index is -0.473. The molecule has 0 saturated heterocycles. The zero-order valence-electron chi connectivity index (χ0n) is 9.19. The summed E-state index contributed by atoms with van der Waals surface area (Å²) in [7, 11) is 1.59. The molecule has 8 heteroatoms. The van der Waals surface area contributed by atoms with Gasteiger partial charge in [0.15, 0.2) is 0 Å². The van der Waals surface area contributed by atoms with Gasteiger partial charge in [-0.15, -0.1) is 10.2 Å². The second kappa shape index (κ2) is 4.42. The van der Waals surface area contributed by atoms with Crippen molar-refractivity contribution in [2.45, 2.75) is 6.92 Å². The molecule has 0 bridgehead atoms. The van der Waals surface area contributed by atoms with Crippen LogP contribution in [0.15, 0.2) is 6.20 Å². The van der Waals surface area contributed by atoms with E-state index in [0.29, 0.717) is 5.82 Å². The summed E-state index contributed by atoms with van der Waals surface area (Å²) in [5.41, 5.74) is 0. The Hall–Kier alpha value is -2.09. The molecule has 2 aromatic heterocycles. The fraction of sp³-hybridized carbons (Fsp3) is 0.222. The van der Waals surface area contributed by atoms with Crippen LogP contribution in [-0.2, 0) is 7.05 Å². The number of aromatic nitrogens is 4. The molecule has 0 aliphatic heterocycles. The third-order valence-corrected chi connectivity index (χ3v) is 2.91. The number of aryl methyl sites for hydroxylation is 1. The Morgan fingerprint density at radius 3 is 2.76 bits per heavy atom. The highest BCUT2D eigenvalue weighted by atomic mass is 32.1. The predicted molar refractivity (Wildman–Crippen MR) is 63.4 cm³/mol. The summed E-state index contributed by atoms with van der Waals surface area (Å²) in [6.45, 7) is 1.86. The Kier molecular flexibility index (Phi) is 2.96. The van der Waals surface area contributed by atoms with Gasteiger partial charge < -0.3 is 10.1 Å². The largest absolute Gasteiger partial charge is 0.358 e. The lowest BCUT2D eigenvalue weighted by Crippen LogP contribution is -1.98. The maximum Gasteiger partial charge on any atom is 0.342 e. The molecule has 0 saturated carbocycles. The van der Waals surface area contributed by atoms with Gasteiger partial charge in [0.1, 0.15) is 16.2 Å². The summed E-state index contributed by atoms with van der Waals surface area (Å²) in [4.78, 5) is 14.1. The summed E-state index contributed by atoms with van der Waals surface area (Å²) < 4.78 is 1.41. The van der Waals surface area contributed by atoms with E-state index in [-0.39, 0.29) is 5.82 Å². The molecule has 0 atom stereocenters. The lowest BCUT2D eigenvalue weighted by Gasteiger charge is -1.93. The summed E-state index contributed by atoms with van der Waals surface area (Å²) in [6.07, 6.45) is 4.63. The third-order valence-electron chi connectivity index (χ3n) is 2.10. The van der Waals surface area contributed by atoms with E-state index in [1.807, 2.05) is 6.92 Å². The zero-order chi connectivity index (χ0) is 12.4. The summed E-state index contributed by atoms with van der Waals surface area (Å²) in [6, 6.07) is 0. The number of hydrogen-bond acceptors (Lipinski definition) is 6. The van der Waals surface area contributed by atoms with E-state index in [2.05, 4.69) is 15.2 Å². The average Bonchev–Trinajstić information content (AvgIpc) is 2.82. The smallest absolute Gasteiger partial charge is 0.342 e. The van der Waals surface area contributed by atoms with Gasteiger partial charge in [-0.25, -0.2) is 9.55 Å². The summed E-state index contributed by atoms with van der Waals surface area (Å²) in [5, 5.41) is 20.0. The van der Waals surface area contributed by atoms with E-state index < -0.39 is 4.92 Å². The normalized spacial score (nSPS) is 11.2. The molecule has 88 valence electrons. The van der Waals surface area contributed by atoms with Crippen LogP contribution in [0, 0.1) is 17.0 Å². The first-order valence-corrected chi connectivity index (χ1v) is 5.54. The number of rotatable bonds is 3. The molecule has 0 aliphatic carbocycles. The minimum Gasteiger partial charge on any atom is -0.358 e. The predicted octanol–water partition coefficient (Wildman–Crippen LogP) is 1.66. The van der Waals surface area contributed by atoms with Gasteiger partial charge in [0, 0.05) is 6.08 Å². The molecule has 2 rings (SSSR count). The first kappa shape index (κ1) is 11.4. The Morgan fingerprint density at radius 1 is 1.47 bits per heavy atom. The van der Waals surface area contributed by atoms with Crippen molar-refractivity contribution >= 4 is 29.3 Å². The molecular formula is C9H9N5O2S. The lowest BCUT2D eigenvalue weighted by molar-refractivity contribution is -0.391. The van der Waals surface area contributed by atoms with Gasteiger partial charge in [-0.3, -0.25) is 0 Å². The first-order valence-electron chi connectivity index (χ1n) is 4.72. The van der Waals surface area contributed by atoms with Crippen molar-refractivity contribution < 1.29 is 4.92 Å². The SMILES string of the molecule is Cc1nnc(/C=C/c2ncc([N+](=O)[O-])n2C)s1. The van der Waals surface area contributed by atoms with Crippen molar-refractivity contribution in [1.82, 2.24) is 19.7 Å². The molecule has 2 aromatic rings. The van der Waals surface area contributed by atoms with Crippen molar-refractivity contribution in [3.8, 4) is 0 Å². The number of hydrogen-bond donors (Lipinski definition) is 0. The minimum absolute atomic E-state index is 0.0434. The van der Waals surface area contributed by atoms with Gasteiger partial charge in [-0.1, -0.05) is 11.3 Å². The number of nitro groups is 1. The molecule has 0 spiro atoms. The molecule has 0 radical (unpaired) electrons. The summed E-state index contributed by atoms with van der Waals surface area (Å²) in [5.74, 6) is 0.461. The maximum absolute atomic E-state index is 10.6. The standard InChI is InChI=1S/C9H9N5O2S/c1-6-11-12-8(17-6)4-3-7-10-5-9(13(7)2)14(15)16/h3-5H,1-2H3/b4-3+. The topological polar surface area (TPSA) is 86.7 Å². The fourth-order valence-corrected chi connectivity index (χ4v) is 1.87. The van der Waals surface area contributed by atoms with Crippen LogP contribution in [0.4, 0.5) is 5.82 Å². The van der Waals surface area contributed by atoms with E-state index >= 15 is 0 Å². The van der Waals surface area contributed by atoms with E-state index in [0.717, 1.165) is 10.0 Å². The molecule has 0 aromatic carbocycles. The van der Waals surface area contributed by atoms with Crippen LogP contribution in [-0.4, -0.2) is 24.7 Å². The quantitative estimate of drug-likeness (QED) is 0.611. The second-order valence-corrected chi connectivity index (χ2v) is 4.50. The van der Waals surface area contributed by atoms with Gasteiger partial charge in [-0.2, -0.15) is 0 Å². The Labute approximate surface area is 101 Å². The van der Waals surface area contributed by atoms with E-state index in [1.165, 1.54) is 22.1 Å². The highest BCUT2D eigenvalue weighted by molar-refractivity contribution is 7.12. The zero-order valence-corrected chi connectivity index (χ0v) is 10.0. The molecule has 2 heterocycles. The van der Waals surface area contributed by atoms with Crippen LogP contribution in [0.25, 0.3) is 12.2 Å². The van der Waals surface area contributed by atoms with Gasteiger partial charge in [-0.05, 0) is 17.9 Å². The van der Waals surface area contributed by atoms with Crippen molar-refractivity contribution in [2.75, 3.05) is 0 Å². The first-order chi connectivity index (χ1) is 8.08. The summed E-state index contributed by atoms with van der Waals surface area (Å²) >= 11 is 1.45. The fourth-order valence-electron chi connectivity index (χ4n) is 1.26. The maximum atomic E-state index is 10.6. The van der Waals surface area contributed by atoms with E-state index in [4.69, 9.17) is 0 Å². The van der Waals surface area contributed by atoms with Crippen LogP contribution in [0.2, 0.25) is 0 Å². The van der Waals surface area contributed by atoms with Crippen LogP contribution in [0.3, 0.4) is 0 Å². The van der Waals surface area contributed by atoms with Crippen LogP contribution in [0.1, 0.15) is 15.8 Å². The molecule has 0 unspecified atom stereocenters. The van der Waals surface area contributed by atoms with Crippen molar-refractivity contribution in [3.63, 3.8) is 0 Å². The molecule has 0 aliphatic rings. The Morgan fingerprint density at radius 2 is 2.24 bits per heavy atom.